The van der Waals surface area contributed by atoms with E-state index in [9.17, 15) is 4.79 Å². The molecule has 20 heavy (non-hydrogen) atoms. The number of amides is 1. The Kier molecular flexibility index (Phi) is 16.9. The third kappa shape index (κ3) is 16.0. The van der Waals surface area contributed by atoms with Gasteiger partial charge in [0.1, 0.15) is 0 Å². The summed E-state index contributed by atoms with van der Waals surface area (Å²) in [4.78, 5) is 10.8. The lowest BCUT2D eigenvalue weighted by atomic mass is 10.0. The lowest BCUT2D eigenvalue weighted by Gasteiger charge is -2.03. The minimum atomic E-state index is -0.263. The van der Waals surface area contributed by atoms with Gasteiger partial charge in [-0.15, -0.1) is 0 Å². The number of carbonyl (C=O) groups is 1. The number of unbranched alkanes of at least 4 members (excludes halogenated alkanes) is 12. The quantitative estimate of drug-likeness (QED) is 0.181. The predicted octanol–water partition coefficient (Wildman–Crippen LogP) is 5.35. The molecule has 1 amide bonds. The molecule has 0 atom stereocenters. The average Bonchev–Trinajstić information content (AvgIpc) is 2.47. The number of rotatable bonds is 15. The summed E-state index contributed by atoms with van der Waals surface area (Å²) in [6.45, 7) is 0. The minimum Gasteiger partial charge on any atom is -0.289 e. The van der Waals surface area contributed by atoms with Crippen LogP contribution in [0, 0.1) is 0 Å². The number of hydrogen-bond donors (Lipinski definition) is 2. The molecule has 0 heterocycles. The number of carbonyl (C=O) groups excluding carboxylic acids is 1. The number of hydrogen-bond acceptors (Lipinski definition) is 2. The molecule has 0 saturated carbocycles. The van der Waals surface area contributed by atoms with Crippen molar-refractivity contribution in [2.75, 3.05) is 5.33 Å². The molecule has 0 aliphatic carbocycles. The molecule has 4 heteroatoms. The zero-order valence-corrected chi connectivity index (χ0v) is 14.4. The largest absolute Gasteiger partial charge is 0.289 e. The zero-order chi connectivity index (χ0) is 14.9. The highest BCUT2D eigenvalue weighted by atomic mass is 79.9. The van der Waals surface area contributed by atoms with Gasteiger partial charge in [-0.3, -0.25) is 10.0 Å². The number of hydroxylamine groups is 1. The van der Waals surface area contributed by atoms with Crippen molar-refractivity contribution in [2.24, 2.45) is 0 Å². The van der Waals surface area contributed by atoms with E-state index in [1.165, 1.54) is 70.6 Å². The maximum absolute atomic E-state index is 10.8. The Hall–Kier alpha value is -0.0900. The van der Waals surface area contributed by atoms with Crippen molar-refractivity contribution >= 4 is 21.8 Å². The monoisotopic (exact) mass is 349 g/mol. The third-order valence-electron chi connectivity index (χ3n) is 3.66. The van der Waals surface area contributed by atoms with E-state index < -0.39 is 0 Å². The first kappa shape index (κ1) is 19.9. The fraction of sp³-hybridized carbons (Fsp3) is 0.938. The Labute approximate surface area is 133 Å². The lowest BCUT2D eigenvalue weighted by Crippen LogP contribution is -2.17. The molecule has 0 rings (SSSR count). The molecule has 0 unspecified atom stereocenters. The van der Waals surface area contributed by atoms with Crippen LogP contribution in [0.1, 0.15) is 89.9 Å². The fourth-order valence-corrected chi connectivity index (χ4v) is 2.78. The summed E-state index contributed by atoms with van der Waals surface area (Å²) in [5.74, 6) is -0.263. The molecule has 0 fully saturated rings. The summed E-state index contributed by atoms with van der Waals surface area (Å²) in [6.07, 6.45) is 17.3. The van der Waals surface area contributed by atoms with Gasteiger partial charge in [0.2, 0.25) is 5.91 Å². The molecule has 3 nitrogen and oxygen atoms in total. The molecule has 0 aromatic heterocycles. The Morgan fingerprint density at radius 3 is 1.40 bits per heavy atom. The van der Waals surface area contributed by atoms with Crippen LogP contribution in [0.4, 0.5) is 0 Å². The van der Waals surface area contributed by atoms with Gasteiger partial charge in [-0.1, -0.05) is 86.6 Å². The first-order chi connectivity index (χ1) is 9.81. The van der Waals surface area contributed by atoms with Gasteiger partial charge < -0.3 is 0 Å². The van der Waals surface area contributed by atoms with Crippen LogP contribution in [0.3, 0.4) is 0 Å². The normalized spacial score (nSPS) is 10.7. The molecule has 0 aliphatic heterocycles. The highest BCUT2D eigenvalue weighted by Gasteiger charge is 1.98. The van der Waals surface area contributed by atoms with Crippen molar-refractivity contribution < 1.29 is 10.0 Å². The number of nitrogens with one attached hydrogen (secondary N) is 1. The SMILES string of the molecule is O=C(CCCCCCCCCCCCCCCBr)NO. The zero-order valence-electron chi connectivity index (χ0n) is 12.8. The van der Waals surface area contributed by atoms with E-state index in [0.717, 1.165) is 18.2 Å². The van der Waals surface area contributed by atoms with Crippen molar-refractivity contribution in [3.63, 3.8) is 0 Å². The average molecular weight is 350 g/mol. The maximum Gasteiger partial charge on any atom is 0.243 e. The molecule has 0 bridgehead atoms. The molecule has 0 spiro atoms. The molecule has 0 aromatic carbocycles. The standard InChI is InChI=1S/C16H32BrNO2/c17-15-13-11-9-7-5-3-1-2-4-6-8-10-12-14-16(19)18-20/h20H,1-15H2,(H,18,19). The molecule has 0 aromatic rings. The van der Waals surface area contributed by atoms with Crippen LogP contribution < -0.4 is 5.48 Å². The van der Waals surface area contributed by atoms with E-state index in [1.807, 2.05) is 0 Å². The van der Waals surface area contributed by atoms with E-state index in [0.29, 0.717) is 6.42 Å². The van der Waals surface area contributed by atoms with E-state index in [4.69, 9.17) is 5.21 Å². The first-order valence-corrected chi connectivity index (χ1v) is 9.42. The highest BCUT2D eigenvalue weighted by molar-refractivity contribution is 9.09. The van der Waals surface area contributed by atoms with Crippen molar-refractivity contribution in [1.29, 1.82) is 0 Å². The van der Waals surface area contributed by atoms with Crippen molar-refractivity contribution in [2.45, 2.75) is 89.9 Å². The summed E-state index contributed by atoms with van der Waals surface area (Å²) >= 11 is 3.46. The van der Waals surface area contributed by atoms with Crippen LogP contribution in [0.2, 0.25) is 0 Å². The van der Waals surface area contributed by atoms with Crippen LogP contribution >= 0.6 is 15.9 Å². The van der Waals surface area contributed by atoms with Gasteiger partial charge in [0.25, 0.3) is 0 Å². The lowest BCUT2D eigenvalue weighted by molar-refractivity contribution is -0.129. The summed E-state index contributed by atoms with van der Waals surface area (Å²) < 4.78 is 0. The molecular formula is C16H32BrNO2. The van der Waals surface area contributed by atoms with Gasteiger partial charge in [0.15, 0.2) is 0 Å². The van der Waals surface area contributed by atoms with Gasteiger partial charge >= 0.3 is 0 Å². The third-order valence-corrected chi connectivity index (χ3v) is 4.22. The number of alkyl halides is 1. The molecule has 0 saturated heterocycles. The van der Waals surface area contributed by atoms with Crippen molar-refractivity contribution in [3.05, 3.63) is 0 Å². The fourth-order valence-electron chi connectivity index (χ4n) is 2.38. The van der Waals surface area contributed by atoms with E-state index >= 15 is 0 Å². The predicted molar refractivity (Wildman–Crippen MR) is 88.4 cm³/mol. The molecule has 0 radical (unpaired) electrons. The van der Waals surface area contributed by atoms with Gasteiger partial charge in [0, 0.05) is 11.8 Å². The van der Waals surface area contributed by atoms with Gasteiger partial charge in [-0.2, -0.15) is 0 Å². The van der Waals surface area contributed by atoms with Crippen molar-refractivity contribution in [3.8, 4) is 0 Å². The molecule has 2 N–H and O–H groups in total. The Morgan fingerprint density at radius 1 is 0.700 bits per heavy atom. The van der Waals surface area contributed by atoms with Crippen molar-refractivity contribution in [1.82, 2.24) is 5.48 Å². The maximum atomic E-state index is 10.8. The second-order valence-electron chi connectivity index (χ2n) is 5.57. The van der Waals surface area contributed by atoms with Gasteiger partial charge in [-0.05, 0) is 12.8 Å². The molecular weight excluding hydrogens is 318 g/mol. The Bertz CT molecular complexity index is 213. The van der Waals surface area contributed by atoms with Gasteiger partial charge in [0.05, 0.1) is 0 Å². The van der Waals surface area contributed by atoms with Crippen LogP contribution in [0.5, 0.6) is 0 Å². The number of halogens is 1. The van der Waals surface area contributed by atoms with Crippen LogP contribution in [-0.4, -0.2) is 16.4 Å². The van der Waals surface area contributed by atoms with Crippen LogP contribution in [0.25, 0.3) is 0 Å². The second-order valence-corrected chi connectivity index (χ2v) is 6.36. The van der Waals surface area contributed by atoms with Gasteiger partial charge in [-0.25, -0.2) is 5.48 Å². The van der Waals surface area contributed by atoms with Crippen LogP contribution in [0.15, 0.2) is 0 Å². The summed E-state index contributed by atoms with van der Waals surface area (Å²) in [5, 5.41) is 9.49. The first-order valence-electron chi connectivity index (χ1n) is 8.30. The highest BCUT2D eigenvalue weighted by Crippen LogP contribution is 2.13. The second kappa shape index (κ2) is 17.0. The molecule has 0 aliphatic rings. The summed E-state index contributed by atoms with van der Waals surface area (Å²) in [7, 11) is 0. The topological polar surface area (TPSA) is 49.3 Å². The van der Waals surface area contributed by atoms with E-state index in [2.05, 4.69) is 15.9 Å². The summed E-state index contributed by atoms with van der Waals surface area (Å²) in [5.41, 5.74) is 1.67. The Balaban J connectivity index is 2.97. The molecule has 120 valence electrons. The summed E-state index contributed by atoms with van der Waals surface area (Å²) in [6, 6.07) is 0. The van der Waals surface area contributed by atoms with E-state index in [1.54, 1.807) is 5.48 Å². The minimum absolute atomic E-state index is 0.263. The Morgan fingerprint density at radius 2 is 1.05 bits per heavy atom. The van der Waals surface area contributed by atoms with Crippen LogP contribution in [-0.2, 0) is 4.79 Å². The van der Waals surface area contributed by atoms with E-state index in [-0.39, 0.29) is 5.91 Å². The smallest absolute Gasteiger partial charge is 0.243 e.